The summed E-state index contributed by atoms with van der Waals surface area (Å²) in [6, 6.07) is 112. The van der Waals surface area contributed by atoms with Crippen LogP contribution >= 0.6 is 0 Å². The van der Waals surface area contributed by atoms with Gasteiger partial charge >= 0.3 is 0 Å². The molecule has 7 aliphatic heterocycles. The lowest BCUT2D eigenvalue weighted by molar-refractivity contribution is 0.634. The number of furan rings is 1. The van der Waals surface area contributed by atoms with E-state index in [0.717, 1.165) is 153 Å². The molecular weight excluding hydrogens is 1130 g/mol. The van der Waals surface area contributed by atoms with Crippen LogP contribution in [0, 0.1) is 6.92 Å². The molecule has 0 spiro atoms. The van der Waals surface area contributed by atoms with Crippen molar-refractivity contribution in [3.05, 3.63) is 309 Å². The van der Waals surface area contributed by atoms with E-state index in [1.54, 1.807) is 0 Å². The molecule has 13 aromatic carbocycles. The summed E-state index contributed by atoms with van der Waals surface area (Å²) in [6.45, 7) is 1.59. The van der Waals surface area contributed by atoms with Crippen LogP contribution in [0.15, 0.2) is 308 Å². The van der Waals surface area contributed by atoms with Crippen LogP contribution < -0.4 is 67.5 Å². The largest absolute Gasteiger partial charge is 0.480 e. The second-order valence-electron chi connectivity index (χ2n) is 25.2. The fourth-order valence-electron chi connectivity index (χ4n) is 16.7. The van der Waals surface area contributed by atoms with Crippen LogP contribution in [-0.4, -0.2) is 13.4 Å². The van der Waals surface area contributed by atoms with Crippen LogP contribution in [0.5, 0.6) is 0 Å². The zero-order valence-electron chi connectivity index (χ0n) is 50.6. The molecular formula is C83H53B2N7O. The highest BCUT2D eigenvalue weighted by atomic mass is 16.3. The monoisotopic (exact) mass is 1190 g/mol. The average molecular weight is 1190 g/mol. The second kappa shape index (κ2) is 19.0. The molecule has 0 saturated carbocycles. The van der Waals surface area contributed by atoms with E-state index < -0.39 is 0 Å². The minimum absolute atomic E-state index is 0.323. The van der Waals surface area contributed by atoms with Crippen LogP contribution in [0.4, 0.5) is 119 Å². The molecule has 7 aliphatic rings. The van der Waals surface area contributed by atoms with Crippen LogP contribution in [-0.2, 0) is 0 Å². The molecule has 0 fully saturated rings. The Hall–Kier alpha value is -12.1. The summed E-state index contributed by atoms with van der Waals surface area (Å²) in [7, 11) is 0. The Morgan fingerprint density at radius 2 is 0.667 bits per heavy atom. The topological polar surface area (TPSA) is 35.8 Å². The highest BCUT2D eigenvalue weighted by Gasteiger charge is 2.57. The van der Waals surface area contributed by atoms with Gasteiger partial charge in [-0.1, -0.05) is 188 Å². The molecule has 432 valence electrons. The van der Waals surface area contributed by atoms with E-state index >= 15 is 0 Å². The lowest BCUT2D eigenvalue weighted by Crippen LogP contribution is -2.62. The van der Waals surface area contributed by atoms with Crippen molar-refractivity contribution in [2.24, 2.45) is 0 Å². The van der Waals surface area contributed by atoms with Gasteiger partial charge in [0.05, 0.1) is 73.9 Å². The molecule has 0 unspecified atom stereocenters. The third kappa shape index (κ3) is 6.85. The highest BCUT2D eigenvalue weighted by Crippen LogP contribution is 2.64. The predicted octanol–water partition coefficient (Wildman–Crippen LogP) is 18.4. The van der Waals surface area contributed by atoms with E-state index in [0.29, 0.717) is 0 Å². The molecule has 0 bridgehead atoms. The molecule has 1 aromatic heterocycles. The molecule has 0 atom stereocenters. The molecule has 21 rings (SSSR count). The minimum atomic E-state index is -0.359. The van der Waals surface area contributed by atoms with Gasteiger partial charge in [-0.25, -0.2) is 0 Å². The first-order chi connectivity index (χ1) is 46.1. The first kappa shape index (κ1) is 50.7. The minimum Gasteiger partial charge on any atom is -0.480 e. The van der Waals surface area contributed by atoms with Gasteiger partial charge in [0.15, 0.2) is 0 Å². The van der Waals surface area contributed by atoms with E-state index in [2.05, 4.69) is 345 Å². The summed E-state index contributed by atoms with van der Waals surface area (Å²) >= 11 is 0. The number of nitrogens with zero attached hydrogens (tertiary/aromatic N) is 7. The number of rotatable bonds is 7. The van der Waals surface area contributed by atoms with E-state index in [-0.39, 0.29) is 13.4 Å². The zero-order chi connectivity index (χ0) is 60.7. The van der Waals surface area contributed by atoms with Crippen LogP contribution in [0.3, 0.4) is 0 Å². The SMILES string of the molecule is Cc1cc2c3c(c1)N1c4ccccc4N4c5cc(N(c6ccccc6)c6ccccc6)cc6c5B(c5ccc(-c7ccccc7)c7c5N6c5ccccc5N7c5ccccc5)c5oc(c1c54)B3c1cc(-c3ccccc3)cc3c1N2c1ccccc1N3c1ccccc1. The summed E-state index contributed by atoms with van der Waals surface area (Å²) in [5, 5.41) is 0. The molecule has 0 radical (unpaired) electrons. The Kier molecular flexibility index (Phi) is 10.3. The van der Waals surface area contributed by atoms with Crippen molar-refractivity contribution in [3.8, 4) is 22.3 Å². The van der Waals surface area contributed by atoms with Gasteiger partial charge in [-0.05, 0) is 166 Å². The Bertz CT molecular complexity index is 5440. The van der Waals surface area contributed by atoms with Gasteiger partial charge in [0, 0.05) is 51.1 Å². The summed E-state index contributed by atoms with van der Waals surface area (Å²) < 4.78 is 8.42. The third-order valence-corrected chi connectivity index (χ3v) is 20.3. The van der Waals surface area contributed by atoms with E-state index in [1.807, 2.05) is 0 Å². The highest BCUT2D eigenvalue weighted by molar-refractivity contribution is 7.03. The Morgan fingerprint density at radius 1 is 0.269 bits per heavy atom. The summed E-state index contributed by atoms with van der Waals surface area (Å²) in [4.78, 5) is 17.8. The van der Waals surface area contributed by atoms with Crippen molar-refractivity contribution < 1.29 is 4.42 Å². The molecule has 0 aliphatic carbocycles. The quantitative estimate of drug-likeness (QED) is 0.146. The maximum absolute atomic E-state index is 8.42. The average Bonchev–Trinajstić information content (AvgIpc) is 1.63. The van der Waals surface area contributed by atoms with Crippen molar-refractivity contribution in [1.82, 2.24) is 0 Å². The Balaban J connectivity index is 0.910. The first-order valence-corrected chi connectivity index (χ1v) is 32.2. The van der Waals surface area contributed by atoms with Gasteiger partial charge in [-0.3, -0.25) is 0 Å². The smallest absolute Gasteiger partial charge is 0.297 e. The van der Waals surface area contributed by atoms with E-state index in [1.165, 1.54) is 27.4 Å². The third-order valence-electron chi connectivity index (χ3n) is 20.3. The lowest BCUT2D eigenvalue weighted by Gasteiger charge is -2.50. The number of fused-ring (bicyclic) bond motifs is 15. The van der Waals surface area contributed by atoms with Gasteiger partial charge in [0.2, 0.25) is 0 Å². The maximum Gasteiger partial charge on any atom is 0.297 e. The normalized spacial score (nSPS) is 13.9. The number of hydrogen-bond acceptors (Lipinski definition) is 8. The van der Waals surface area contributed by atoms with E-state index in [4.69, 9.17) is 4.42 Å². The number of para-hydroxylation sites is 10. The molecule has 0 amide bonds. The van der Waals surface area contributed by atoms with Gasteiger partial charge in [-0.15, -0.1) is 0 Å². The van der Waals surface area contributed by atoms with E-state index in [9.17, 15) is 0 Å². The molecule has 14 aromatic rings. The van der Waals surface area contributed by atoms with Gasteiger partial charge in [0.25, 0.3) is 13.4 Å². The van der Waals surface area contributed by atoms with Crippen molar-refractivity contribution >= 4 is 166 Å². The maximum atomic E-state index is 8.42. The zero-order valence-corrected chi connectivity index (χ0v) is 50.6. The summed E-state index contributed by atoms with van der Waals surface area (Å²) in [6.07, 6.45) is 0. The number of aryl methyl sites for hydroxylation is 1. The Labute approximate surface area is 539 Å². The molecule has 0 N–H and O–H groups in total. The molecule has 8 nitrogen and oxygen atoms in total. The van der Waals surface area contributed by atoms with Crippen LogP contribution in [0.25, 0.3) is 22.3 Å². The number of hydrogen-bond donors (Lipinski definition) is 0. The van der Waals surface area contributed by atoms with Gasteiger partial charge in [-0.2, -0.15) is 0 Å². The van der Waals surface area contributed by atoms with Crippen molar-refractivity contribution in [3.63, 3.8) is 0 Å². The summed E-state index contributed by atoms with van der Waals surface area (Å²) in [5.41, 5.74) is 35.6. The predicted molar refractivity (Wildman–Crippen MR) is 387 cm³/mol. The Morgan fingerprint density at radius 3 is 1.18 bits per heavy atom. The summed E-state index contributed by atoms with van der Waals surface area (Å²) in [5.74, 6) is 0. The first-order valence-electron chi connectivity index (χ1n) is 32.2. The van der Waals surface area contributed by atoms with Crippen molar-refractivity contribution in [2.45, 2.75) is 6.92 Å². The van der Waals surface area contributed by atoms with Crippen LogP contribution in [0.2, 0.25) is 0 Å². The number of benzene rings is 13. The fourth-order valence-corrected chi connectivity index (χ4v) is 16.7. The molecule has 0 saturated heterocycles. The molecule has 8 heterocycles. The standard InChI is InChI=1S/C83H53B2N7O/c1-52-46-70-75-71(47-52)91-68-42-24-25-43-69(68)92-73-51-60(86(56-30-12-4-13-31-56)57-32-14-5-15-33-57)50-72-76(73)84(62-45-44-61(54-28-10-3-11-29-54)77-79(62)90(72)67-41-23-21-39-65(67)88(77)59-36-18-7-19-37-59)82-80(92)81(91)83(93-82)85(75)63-48-55(53-26-8-2-9-27-53)49-74-78(63)89(70)66-40-22-20-38-64(66)87(74)58-34-16-6-17-35-58/h2-51H,1H3. The van der Waals surface area contributed by atoms with Crippen molar-refractivity contribution in [2.75, 3.05) is 34.3 Å². The fraction of sp³-hybridized carbons (Fsp3) is 0.0120. The van der Waals surface area contributed by atoms with Crippen molar-refractivity contribution in [1.29, 1.82) is 0 Å². The van der Waals surface area contributed by atoms with Crippen LogP contribution in [0.1, 0.15) is 5.56 Å². The molecule has 93 heavy (non-hydrogen) atoms. The second-order valence-corrected chi connectivity index (χ2v) is 25.2. The number of anilines is 21. The lowest BCUT2D eigenvalue weighted by atomic mass is 9.34. The van der Waals surface area contributed by atoms with Gasteiger partial charge < -0.3 is 38.7 Å². The van der Waals surface area contributed by atoms with Gasteiger partial charge in [0.1, 0.15) is 11.4 Å². The molecule has 10 heteroatoms.